The van der Waals surface area contributed by atoms with Crippen LogP contribution in [0.2, 0.25) is 10.0 Å². The van der Waals surface area contributed by atoms with Crippen LogP contribution < -0.4 is 19.7 Å². The molecule has 40 heavy (non-hydrogen) atoms. The van der Waals surface area contributed by atoms with Crippen LogP contribution in [0, 0.1) is 5.82 Å². The number of carbonyl (C=O) groups excluding carboxylic acids is 2. The monoisotopic (exact) mass is 582 g/mol. The van der Waals surface area contributed by atoms with Gasteiger partial charge in [0.15, 0.2) is 11.2 Å². The molecule has 0 saturated carbocycles. The number of rotatable bonds is 5. The molecule has 2 amide bonds. The van der Waals surface area contributed by atoms with Crippen molar-refractivity contribution in [2.75, 3.05) is 24.4 Å². The van der Waals surface area contributed by atoms with Gasteiger partial charge in [0.2, 0.25) is 5.88 Å². The quantitative estimate of drug-likeness (QED) is 0.342. The summed E-state index contributed by atoms with van der Waals surface area (Å²) in [5.41, 5.74) is 0.138. The van der Waals surface area contributed by atoms with Crippen molar-refractivity contribution in [2.24, 2.45) is 0 Å². The third kappa shape index (κ3) is 3.44. The van der Waals surface area contributed by atoms with Gasteiger partial charge in [-0.3, -0.25) is 14.5 Å². The maximum absolute atomic E-state index is 14.3. The van der Waals surface area contributed by atoms with Gasteiger partial charge in [-0.25, -0.2) is 14.4 Å². The molecule has 1 spiro atoms. The van der Waals surface area contributed by atoms with Gasteiger partial charge in [0.1, 0.15) is 11.6 Å². The minimum absolute atomic E-state index is 0.0277. The number of carbonyl (C=O) groups is 2. The van der Waals surface area contributed by atoms with Gasteiger partial charge in [0.25, 0.3) is 11.8 Å². The molecule has 0 fully saturated rings. The summed E-state index contributed by atoms with van der Waals surface area (Å²) in [4.78, 5) is 43.0. The Labute approximate surface area is 237 Å². The van der Waals surface area contributed by atoms with Crippen molar-refractivity contribution in [3.63, 3.8) is 0 Å². The average Bonchev–Trinajstić information content (AvgIpc) is 3.53. The minimum Gasteiger partial charge on any atom is -0.480 e. The summed E-state index contributed by atoms with van der Waals surface area (Å²) in [6, 6.07) is 8.57. The van der Waals surface area contributed by atoms with Gasteiger partial charge in [-0.15, -0.1) is 0 Å². The molecule has 4 aromatic rings. The van der Waals surface area contributed by atoms with E-state index in [1.54, 1.807) is 22.8 Å². The van der Waals surface area contributed by atoms with Crippen molar-refractivity contribution in [2.45, 2.75) is 25.4 Å². The van der Waals surface area contributed by atoms with Crippen LogP contribution >= 0.6 is 23.2 Å². The molecule has 0 bridgehead atoms. The summed E-state index contributed by atoms with van der Waals surface area (Å²) in [7, 11) is 2.87. The second-order valence-electron chi connectivity index (χ2n) is 9.47. The third-order valence-corrected chi connectivity index (χ3v) is 7.49. The first kappa shape index (κ1) is 26.0. The van der Waals surface area contributed by atoms with Crippen LogP contribution in [0.1, 0.15) is 41.6 Å². The molecule has 0 aliphatic carbocycles. The first-order valence-corrected chi connectivity index (χ1v) is 12.9. The zero-order chi connectivity index (χ0) is 28.5. The number of methoxy groups -OCH3 is 2. The molecule has 1 atom stereocenters. The highest BCUT2D eigenvalue weighted by molar-refractivity contribution is 6.32. The lowest BCUT2D eigenvalue weighted by Gasteiger charge is -2.35. The first-order chi connectivity index (χ1) is 19.1. The fraction of sp³-hybridized carbons (Fsp3) is 0.222. The van der Waals surface area contributed by atoms with E-state index in [-0.39, 0.29) is 34.3 Å². The lowest BCUT2D eigenvalue weighted by Crippen LogP contribution is -2.51. The second-order valence-corrected chi connectivity index (χ2v) is 10.3. The predicted molar refractivity (Wildman–Crippen MR) is 146 cm³/mol. The maximum atomic E-state index is 14.3. The first-order valence-electron chi connectivity index (χ1n) is 12.1. The Morgan fingerprint density at radius 1 is 1.05 bits per heavy atom. The maximum Gasteiger partial charge on any atom is 0.319 e. The van der Waals surface area contributed by atoms with Gasteiger partial charge in [-0.1, -0.05) is 29.3 Å². The van der Waals surface area contributed by atoms with Crippen LogP contribution in [-0.2, 0) is 10.3 Å². The summed E-state index contributed by atoms with van der Waals surface area (Å²) in [6.07, 6.45) is 1.48. The van der Waals surface area contributed by atoms with Gasteiger partial charge in [-0.2, -0.15) is 4.98 Å². The third-order valence-electron chi connectivity index (χ3n) is 6.97. The molecule has 0 saturated heterocycles. The van der Waals surface area contributed by atoms with Gasteiger partial charge in [-0.05, 0) is 44.2 Å². The molecule has 10 nitrogen and oxygen atoms in total. The highest BCUT2D eigenvalue weighted by atomic mass is 35.5. The van der Waals surface area contributed by atoms with E-state index in [4.69, 9.17) is 37.7 Å². The number of anilines is 2. The molecule has 0 unspecified atom stereocenters. The van der Waals surface area contributed by atoms with Crippen LogP contribution in [0.25, 0.3) is 11.4 Å². The molecule has 6 rings (SSSR count). The highest BCUT2D eigenvalue weighted by Gasteiger charge is 2.64. The Hall–Kier alpha value is -4.22. The number of nitrogens with one attached hydrogen (secondary N) is 1. The molecule has 2 aromatic carbocycles. The summed E-state index contributed by atoms with van der Waals surface area (Å²) < 4.78 is 26.6. The van der Waals surface area contributed by atoms with Crippen LogP contribution in [0.15, 0.2) is 42.6 Å². The number of hydrogen-bond donors (Lipinski definition) is 1. The van der Waals surface area contributed by atoms with Crippen molar-refractivity contribution >= 4 is 46.4 Å². The van der Waals surface area contributed by atoms with Crippen molar-refractivity contribution in [1.82, 2.24) is 19.5 Å². The van der Waals surface area contributed by atoms with Crippen molar-refractivity contribution < 1.29 is 23.5 Å². The van der Waals surface area contributed by atoms with Crippen molar-refractivity contribution in [1.29, 1.82) is 0 Å². The molecule has 4 heterocycles. The summed E-state index contributed by atoms with van der Waals surface area (Å²) in [5, 5.41) is 3.08. The number of benzene rings is 2. The van der Waals surface area contributed by atoms with Gasteiger partial charge in [0, 0.05) is 34.2 Å². The molecule has 2 aliphatic rings. The number of hydrogen-bond acceptors (Lipinski definition) is 7. The number of fused-ring (bicyclic) bond motifs is 4. The zero-order valence-corrected chi connectivity index (χ0v) is 23.1. The van der Waals surface area contributed by atoms with E-state index < -0.39 is 23.2 Å². The minimum atomic E-state index is -1.72. The van der Waals surface area contributed by atoms with Crippen LogP contribution in [0.3, 0.4) is 0 Å². The zero-order valence-electron chi connectivity index (χ0n) is 21.6. The van der Waals surface area contributed by atoms with E-state index >= 15 is 0 Å². The summed E-state index contributed by atoms with van der Waals surface area (Å²) in [5.74, 6) is -1.26. The second kappa shape index (κ2) is 9.17. The molecule has 1 N–H and O–H groups in total. The van der Waals surface area contributed by atoms with E-state index in [0.29, 0.717) is 33.4 Å². The fourth-order valence-corrected chi connectivity index (χ4v) is 5.75. The summed E-state index contributed by atoms with van der Waals surface area (Å²) in [6.45, 7) is 3.79. The highest BCUT2D eigenvalue weighted by Crippen LogP contribution is 2.54. The molecule has 0 radical (unpaired) electrons. The smallest absolute Gasteiger partial charge is 0.319 e. The number of ether oxygens (including phenoxy) is 2. The Balaban J connectivity index is 1.71. The lowest BCUT2D eigenvalue weighted by molar-refractivity contribution is -0.119. The number of nitrogens with zero attached hydrogens (tertiary/aromatic N) is 5. The lowest BCUT2D eigenvalue weighted by atomic mass is 9.87. The van der Waals surface area contributed by atoms with E-state index in [1.807, 2.05) is 13.8 Å². The largest absolute Gasteiger partial charge is 0.480 e. The van der Waals surface area contributed by atoms with E-state index in [1.165, 1.54) is 37.4 Å². The topological polar surface area (TPSA) is 111 Å². The molecular weight excluding hydrogens is 562 g/mol. The van der Waals surface area contributed by atoms with Crippen LogP contribution in [0.4, 0.5) is 15.8 Å². The van der Waals surface area contributed by atoms with E-state index in [2.05, 4.69) is 15.3 Å². The van der Waals surface area contributed by atoms with Crippen molar-refractivity contribution in [3.8, 4) is 23.3 Å². The summed E-state index contributed by atoms with van der Waals surface area (Å²) >= 11 is 12.4. The van der Waals surface area contributed by atoms with Gasteiger partial charge >= 0.3 is 6.01 Å². The molecule has 204 valence electrons. The average molecular weight is 583 g/mol. The standard InChI is InChI=1S/C27H21Cl2FN6O4/c1-12(2)35-21-20(33-22(35)15-11-31-26(40-4)34-23(15)39-3)24(37)36(14-6-8-18(30)17(29)10-14)27(21)16-7-5-13(28)9-19(16)32-25(27)38/h5-12H,1-4H3,(H,32,38)/t27-/m1/s1. The van der Waals surface area contributed by atoms with E-state index in [9.17, 15) is 14.0 Å². The van der Waals surface area contributed by atoms with E-state index in [0.717, 1.165) is 6.07 Å². The van der Waals surface area contributed by atoms with Crippen LogP contribution in [-0.4, -0.2) is 45.6 Å². The Bertz CT molecular complexity index is 1740. The van der Waals surface area contributed by atoms with Gasteiger partial charge < -0.3 is 19.4 Å². The fourth-order valence-electron chi connectivity index (χ4n) is 5.41. The van der Waals surface area contributed by atoms with Gasteiger partial charge in [0.05, 0.1) is 30.5 Å². The van der Waals surface area contributed by atoms with Crippen LogP contribution in [0.5, 0.6) is 11.9 Å². The van der Waals surface area contributed by atoms with Crippen molar-refractivity contribution in [3.05, 3.63) is 75.4 Å². The number of amides is 2. The molecule has 2 aliphatic heterocycles. The molecule has 13 heteroatoms. The Morgan fingerprint density at radius 2 is 1.82 bits per heavy atom. The predicted octanol–water partition coefficient (Wildman–Crippen LogP) is 5.24. The Morgan fingerprint density at radius 3 is 2.50 bits per heavy atom. The Kier molecular flexibility index (Phi) is 5.97. The number of imidazole rings is 1. The molecule has 2 aromatic heterocycles. The number of halogens is 3. The normalized spacial score (nSPS) is 17.4. The SMILES string of the molecule is COc1ncc(-c2nc3c(n2C(C)C)[C@]2(C(=O)Nc4cc(Cl)ccc42)N(c2ccc(F)c(Cl)c2)C3=O)c(OC)n1. The number of aromatic nitrogens is 4. The molecular formula is C27H21Cl2FN6O4.